The Kier molecular flexibility index (Phi) is 9.44. The van der Waals surface area contributed by atoms with Gasteiger partial charge in [0.15, 0.2) is 0 Å². The van der Waals surface area contributed by atoms with Crippen molar-refractivity contribution >= 4 is 34.9 Å². The van der Waals surface area contributed by atoms with Crippen molar-refractivity contribution in [2.45, 2.75) is 26.0 Å². The molecule has 1 saturated heterocycles. The molecule has 1 fully saturated rings. The molecule has 4 aromatic rings. The SMILES string of the molecule is COc1ccc(N(C(=O)O[C@@H](C)c2ccccc2)c2ccnc(Nc3ccc(N4CCN(C)C(C)C4)c(F)c3)n2)c(OC)c1. The van der Waals surface area contributed by atoms with Crippen LogP contribution in [0.4, 0.5) is 38.0 Å². The third-order valence-electron chi connectivity index (χ3n) is 7.73. The molecule has 3 aromatic carbocycles. The summed E-state index contributed by atoms with van der Waals surface area (Å²) in [7, 11) is 5.13. The monoisotopic (exact) mass is 600 g/mol. The second-order valence-electron chi connectivity index (χ2n) is 10.6. The molecule has 230 valence electrons. The zero-order valence-electron chi connectivity index (χ0n) is 25.5. The van der Waals surface area contributed by atoms with Gasteiger partial charge in [0, 0.05) is 49.7 Å². The van der Waals surface area contributed by atoms with Gasteiger partial charge in [-0.2, -0.15) is 4.98 Å². The van der Waals surface area contributed by atoms with Gasteiger partial charge in [-0.1, -0.05) is 30.3 Å². The fourth-order valence-corrected chi connectivity index (χ4v) is 5.05. The predicted molar refractivity (Wildman–Crippen MR) is 169 cm³/mol. The maximum atomic E-state index is 15.3. The molecule has 1 aliphatic heterocycles. The van der Waals surface area contributed by atoms with Crippen molar-refractivity contribution in [3.63, 3.8) is 0 Å². The van der Waals surface area contributed by atoms with Gasteiger partial charge in [-0.3, -0.25) is 0 Å². The summed E-state index contributed by atoms with van der Waals surface area (Å²) in [5, 5.41) is 3.07. The number of methoxy groups -OCH3 is 2. The summed E-state index contributed by atoms with van der Waals surface area (Å²) in [4.78, 5) is 28.3. The van der Waals surface area contributed by atoms with E-state index in [1.54, 1.807) is 50.4 Å². The average molecular weight is 601 g/mol. The van der Waals surface area contributed by atoms with E-state index in [9.17, 15) is 4.79 Å². The predicted octanol–water partition coefficient (Wildman–Crippen LogP) is 6.55. The van der Waals surface area contributed by atoms with Crippen LogP contribution in [0.2, 0.25) is 0 Å². The molecular weight excluding hydrogens is 563 g/mol. The van der Waals surface area contributed by atoms with E-state index >= 15 is 4.39 Å². The summed E-state index contributed by atoms with van der Waals surface area (Å²) in [6.45, 7) is 6.29. The van der Waals surface area contributed by atoms with Crippen molar-refractivity contribution in [3.8, 4) is 11.5 Å². The Hall–Kier alpha value is -4.90. The molecule has 11 heteroatoms. The molecule has 2 atom stereocenters. The first-order chi connectivity index (χ1) is 21.3. The van der Waals surface area contributed by atoms with E-state index in [2.05, 4.69) is 39.1 Å². The fraction of sp³-hybridized carbons (Fsp3) is 0.303. The van der Waals surface area contributed by atoms with Gasteiger partial charge in [0.05, 0.1) is 25.6 Å². The Morgan fingerprint density at radius 2 is 1.84 bits per heavy atom. The molecule has 0 radical (unpaired) electrons. The third-order valence-corrected chi connectivity index (χ3v) is 7.73. The van der Waals surface area contributed by atoms with Crippen LogP contribution in [-0.4, -0.2) is 67.9 Å². The zero-order chi connectivity index (χ0) is 31.2. The second-order valence-corrected chi connectivity index (χ2v) is 10.6. The number of carbonyl (C=O) groups is 1. The summed E-state index contributed by atoms with van der Waals surface area (Å²) in [5.74, 6) is 0.978. The van der Waals surface area contributed by atoms with Crippen molar-refractivity contribution in [1.29, 1.82) is 0 Å². The molecule has 44 heavy (non-hydrogen) atoms. The number of carbonyl (C=O) groups excluding carboxylic acids is 1. The molecule has 1 amide bonds. The van der Waals surface area contributed by atoms with Gasteiger partial charge < -0.3 is 29.3 Å². The average Bonchev–Trinajstić information content (AvgIpc) is 3.03. The molecule has 0 bridgehead atoms. The molecule has 1 unspecified atom stereocenters. The number of benzene rings is 3. The van der Waals surface area contributed by atoms with Crippen molar-refractivity contribution < 1.29 is 23.4 Å². The van der Waals surface area contributed by atoms with E-state index in [1.807, 2.05) is 30.3 Å². The summed E-state index contributed by atoms with van der Waals surface area (Å²) in [5.41, 5.74) is 2.25. The van der Waals surface area contributed by atoms with Crippen molar-refractivity contribution in [1.82, 2.24) is 14.9 Å². The lowest BCUT2D eigenvalue weighted by Crippen LogP contribution is -2.50. The van der Waals surface area contributed by atoms with Gasteiger partial charge in [-0.05, 0) is 56.8 Å². The molecule has 1 aliphatic rings. The molecule has 0 aliphatic carbocycles. The number of piperazine rings is 1. The summed E-state index contributed by atoms with van der Waals surface area (Å²) >= 11 is 0. The van der Waals surface area contributed by atoms with Crippen molar-refractivity contribution in [3.05, 3.63) is 90.4 Å². The fourth-order valence-electron chi connectivity index (χ4n) is 5.05. The minimum Gasteiger partial charge on any atom is -0.497 e. The lowest BCUT2D eigenvalue weighted by Gasteiger charge is -2.39. The number of anilines is 5. The largest absolute Gasteiger partial charge is 0.497 e. The van der Waals surface area contributed by atoms with Gasteiger partial charge in [0.25, 0.3) is 0 Å². The van der Waals surface area contributed by atoms with Gasteiger partial charge >= 0.3 is 6.09 Å². The first kappa shape index (κ1) is 30.6. The minimum atomic E-state index is -0.675. The highest BCUT2D eigenvalue weighted by Crippen LogP contribution is 2.37. The summed E-state index contributed by atoms with van der Waals surface area (Å²) in [6, 6.07) is 21.4. The number of ether oxygens (including phenoxy) is 3. The Morgan fingerprint density at radius 3 is 2.55 bits per heavy atom. The maximum Gasteiger partial charge on any atom is 0.420 e. The highest BCUT2D eigenvalue weighted by Gasteiger charge is 2.28. The topological polar surface area (TPSA) is 92.3 Å². The number of nitrogens with one attached hydrogen (secondary N) is 1. The Labute approximate surface area is 257 Å². The number of amides is 1. The number of rotatable bonds is 9. The summed E-state index contributed by atoms with van der Waals surface area (Å²) < 4.78 is 32.1. The van der Waals surface area contributed by atoms with Crippen LogP contribution in [0.1, 0.15) is 25.5 Å². The maximum absolute atomic E-state index is 15.3. The van der Waals surface area contributed by atoms with E-state index in [4.69, 9.17) is 14.2 Å². The molecule has 10 nitrogen and oxygen atoms in total. The Balaban J connectivity index is 1.43. The molecule has 0 saturated carbocycles. The van der Waals surface area contributed by atoms with E-state index < -0.39 is 12.2 Å². The van der Waals surface area contributed by atoms with Gasteiger partial charge in [-0.15, -0.1) is 0 Å². The molecule has 1 aromatic heterocycles. The van der Waals surface area contributed by atoms with E-state index in [1.165, 1.54) is 24.3 Å². The molecule has 5 rings (SSSR count). The van der Waals surface area contributed by atoms with Crippen LogP contribution in [0.15, 0.2) is 79.0 Å². The van der Waals surface area contributed by atoms with E-state index in [0.717, 1.165) is 25.2 Å². The number of likely N-dealkylation sites (N-methyl/N-ethyl adjacent to an activating group) is 1. The lowest BCUT2D eigenvalue weighted by atomic mass is 10.1. The highest BCUT2D eigenvalue weighted by molar-refractivity contribution is 5.97. The van der Waals surface area contributed by atoms with Gasteiger partial charge in [0.1, 0.15) is 29.2 Å². The molecular formula is C33H37FN6O4. The van der Waals surface area contributed by atoms with Gasteiger partial charge in [0.2, 0.25) is 5.95 Å². The zero-order valence-corrected chi connectivity index (χ0v) is 25.5. The number of nitrogens with zero attached hydrogens (tertiary/aromatic N) is 5. The van der Waals surface area contributed by atoms with Crippen molar-refractivity contribution in [2.75, 3.05) is 56.0 Å². The first-order valence-electron chi connectivity index (χ1n) is 14.4. The second kappa shape index (κ2) is 13.6. The number of aromatic nitrogens is 2. The standard InChI is InChI=1S/C33H37FN6O4/c1-22-21-39(18-17-38(22)3)28-13-11-25(19-27(28)34)36-32-35-16-15-31(37-32)40(29-14-12-26(42-4)20-30(29)43-5)33(41)44-23(2)24-9-7-6-8-10-24/h6-16,19-20,22-23H,17-18,21H2,1-5H3,(H,35,36,37)/t22?,23-/m0/s1. The quantitative estimate of drug-likeness (QED) is 0.230. The van der Waals surface area contributed by atoms with Crippen molar-refractivity contribution in [2.24, 2.45) is 0 Å². The minimum absolute atomic E-state index is 0.171. The van der Waals surface area contributed by atoms with Crippen LogP contribution in [0.25, 0.3) is 0 Å². The Morgan fingerprint density at radius 1 is 1.05 bits per heavy atom. The van der Waals surface area contributed by atoms with Crippen LogP contribution in [0.3, 0.4) is 0 Å². The van der Waals surface area contributed by atoms with E-state index in [-0.39, 0.29) is 17.6 Å². The first-order valence-corrected chi connectivity index (χ1v) is 14.4. The van der Waals surface area contributed by atoms with Crippen LogP contribution < -0.4 is 24.6 Å². The third kappa shape index (κ3) is 6.84. The highest BCUT2D eigenvalue weighted by atomic mass is 19.1. The molecule has 2 heterocycles. The smallest absolute Gasteiger partial charge is 0.420 e. The molecule has 1 N–H and O–H groups in total. The number of hydrogen-bond acceptors (Lipinski definition) is 9. The number of hydrogen-bond donors (Lipinski definition) is 1. The van der Waals surface area contributed by atoms with Crippen LogP contribution in [-0.2, 0) is 4.74 Å². The summed E-state index contributed by atoms with van der Waals surface area (Å²) in [6.07, 6.45) is 0.295. The molecule has 0 spiro atoms. The van der Waals surface area contributed by atoms with Crippen LogP contribution >= 0.6 is 0 Å². The van der Waals surface area contributed by atoms with Crippen LogP contribution in [0, 0.1) is 5.82 Å². The van der Waals surface area contributed by atoms with E-state index in [0.29, 0.717) is 34.6 Å². The number of halogens is 1. The van der Waals surface area contributed by atoms with Crippen LogP contribution in [0.5, 0.6) is 11.5 Å². The van der Waals surface area contributed by atoms with Gasteiger partial charge in [-0.25, -0.2) is 19.1 Å². The Bertz CT molecular complexity index is 1590. The lowest BCUT2D eigenvalue weighted by molar-refractivity contribution is 0.116. The normalized spacial score (nSPS) is 15.8.